The maximum absolute atomic E-state index is 13.0. The molecule has 1 heterocycles. The van der Waals surface area contributed by atoms with Crippen LogP contribution < -0.4 is 4.90 Å². The Morgan fingerprint density at radius 3 is 2.48 bits per heavy atom. The van der Waals surface area contributed by atoms with Gasteiger partial charge in [-0.3, -0.25) is 4.79 Å². The SMILES string of the molecule is CCN(C(=O)CSc1nnc(-c2ccccc2)n1C)c1cccc2ccccc12. The molecule has 0 aliphatic carbocycles. The summed E-state index contributed by atoms with van der Waals surface area (Å²) in [6.45, 7) is 2.61. The minimum Gasteiger partial charge on any atom is -0.311 e. The lowest BCUT2D eigenvalue weighted by molar-refractivity contribution is -0.116. The van der Waals surface area contributed by atoms with Gasteiger partial charge in [0.1, 0.15) is 0 Å². The molecule has 0 unspecified atom stereocenters. The third-order valence-electron chi connectivity index (χ3n) is 4.87. The highest BCUT2D eigenvalue weighted by molar-refractivity contribution is 7.99. The number of amides is 1. The molecule has 0 N–H and O–H groups in total. The smallest absolute Gasteiger partial charge is 0.237 e. The molecule has 0 aliphatic heterocycles. The molecule has 0 fully saturated rings. The summed E-state index contributed by atoms with van der Waals surface area (Å²) in [5.74, 6) is 1.15. The van der Waals surface area contributed by atoms with Crippen molar-refractivity contribution in [2.24, 2.45) is 7.05 Å². The summed E-state index contributed by atoms with van der Waals surface area (Å²) in [6, 6.07) is 24.1. The summed E-state index contributed by atoms with van der Waals surface area (Å²) < 4.78 is 1.93. The van der Waals surface area contributed by atoms with Crippen LogP contribution in [0.25, 0.3) is 22.2 Å². The fourth-order valence-electron chi connectivity index (χ4n) is 3.41. The molecule has 0 saturated carbocycles. The highest BCUT2D eigenvalue weighted by atomic mass is 32.2. The fourth-order valence-corrected chi connectivity index (χ4v) is 4.20. The van der Waals surface area contributed by atoms with Crippen LogP contribution in [0.4, 0.5) is 5.69 Å². The van der Waals surface area contributed by atoms with Crippen molar-refractivity contribution in [2.45, 2.75) is 12.1 Å². The summed E-state index contributed by atoms with van der Waals surface area (Å²) in [6.07, 6.45) is 0. The van der Waals surface area contributed by atoms with Crippen molar-refractivity contribution in [2.75, 3.05) is 17.2 Å². The average molecular weight is 403 g/mol. The van der Waals surface area contributed by atoms with E-state index in [1.54, 1.807) is 0 Å². The van der Waals surface area contributed by atoms with E-state index in [2.05, 4.69) is 28.4 Å². The Balaban J connectivity index is 1.53. The number of carbonyl (C=O) groups excluding carboxylic acids is 1. The van der Waals surface area contributed by atoms with Crippen LogP contribution in [0, 0.1) is 0 Å². The Labute approximate surface area is 174 Å². The van der Waals surface area contributed by atoms with Crippen molar-refractivity contribution >= 4 is 34.1 Å². The molecule has 0 saturated heterocycles. The Bertz CT molecular complexity index is 1130. The molecule has 1 aromatic heterocycles. The predicted molar refractivity (Wildman–Crippen MR) is 119 cm³/mol. The van der Waals surface area contributed by atoms with Crippen LogP contribution in [-0.2, 0) is 11.8 Å². The van der Waals surface area contributed by atoms with Gasteiger partial charge >= 0.3 is 0 Å². The second kappa shape index (κ2) is 8.49. The molecule has 4 aromatic rings. The van der Waals surface area contributed by atoms with Crippen molar-refractivity contribution in [1.29, 1.82) is 0 Å². The zero-order valence-electron chi connectivity index (χ0n) is 16.4. The molecule has 0 radical (unpaired) electrons. The van der Waals surface area contributed by atoms with E-state index in [9.17, 15) is 4.79 Å². The van der Waals surface area contributed by atoms with E-state index in [4.69, 9.17) is 0 Å². The average Bonchev–Trinajstić information content (AvgIpc) is 3.14. The molecule has 0 aliphatic rings. The number of anilines is 1. The predicted octanol–water partition coefficient (Wildman–Crippen LogP) is 4.78. The highest BCUT2D eigenvalue weighted by Gasteiger charge is 2.18. The number of benzene rings is 3. The van der Waals surface area contributed by atoms with Gasteiger partial charge in [-0.15, -0.1) is 10.2 Å². The van der Waals surface area contributed by atoms with Crippen LogP contribution >= 0.6 is 11.8 Å². The number of hydrogen-bond donors (Lipinski definition) is 0. The Kier molecular flexibility index (Phi) is 5.62. The second-order valence-corrected chi connectivity index (χ2v) is 7.60. The quantitative estimate of drug-likeness (QED) is 0.436. The molecule has 29 heavy (non-hydrogen) atoms. The molecule has 4 rings (SSSR count). The lowest BCUT2D eigenvalue weighted by atomic mass is 10.1. The van der Waals surface area contributed by atoms with E-state index in [0.717, 1.165) is 33.0 Å². The monoisotopic (exact) mass is 402 g/mol. The number of nitrogens with zero attached hydrogens (tertiary/aromatic N) is 4. The third kappa shape index (κ3) is 3.89. The minimum absolute atomic E-state index is 0.0538. The maximum Gasteiger partial charge on any atom is 0.237 e. The summed E-state index contributed by atoms with van der Waals surface area (Å²) in [7, 11) is 1.93. The number of thioether (sulfide) groups is 1. The van der Waals surface area contributed by atoms with Gasteiger partial charge in [0.15, 0.2) is 11.0 Å². The van der Waals surface area contributed by atoms with Crippen LogP contribution in [0.15, 0.2) is 78.0 Å². The van der Waals surface area contributed by atoms with Crippen LogP contribution in [-0.4, -0.2) is 33.0 Å². The van der Waals surface area contributed by atoms with E-state index < -0.39 is 0 Å². The van der Waals surface area contributed by atoms with E-state index in [0.29, 0.717) is 12.3 Å². The molecule has 5 nitrogen and oxygen atoms in total. The first-order valence-electron chi connectivity index (χ1n) is 9.54. The lowest BCUT2D eigenvalue weighted by Crippen LogP contribution is -2.32. The van der Waals surface area contributed by atoms with E-state index >= 15 is 0 Å². The Morgan fingerprint density at radius 1 is 0.966 bits per heavy atom. The number of fused-ring (bicyclic) bond motifs is 1. The van der Waals surface area contributed by atoms with Gasteiger partial charge in [-0.2, -0.15) is 0 Å². The number of hydrogen-bond acceptors (Lipinski definition) is 4. The largest absolute Gasteiger partial charge is 0.311 e. The summed E-state index contributed by atoms with van der Waals surface area (Å²) in [5.41, 5.74) is 1.95. The zero-order chi connectivity index (χ0) is 20.2. The first-order chi connectivity index (χ1) is 14.2. The maximum atomic E-state index is 13.0. The van der Waals surface area contributed by atoms with E-state index in [1.165, 1.54) is 11.8 Å². The molecule has 0 spiro atoms. The lowest BCUT2D eigenvalue weighted by Gasteiger charge is -2.22. The van der Waals surface area contributed by atoms with Gasteiger partial charge in [0.2, 0.25) is 5.91 Å². The van der Waals surface area contributed by atoms with E-state index in [-0.39, 0.29) is 5.91 Å². The topological polar surface area (TPSA) is 51.0 Å². The molecule has 0 atom stereocenters. The highest BCUT2D eigenvalue weighted by Crippen LogP contribution is 2.28. The first-order valence-corrected chi connectivity index (χ1v) is 10.5. The summed E-state index contributed by atoms with van der Waals surface area (Å²) >= 11 is 1.41. The number of carbonyl (C=O) groups is 1. The van der Waals surface area contributed by atoms with Gasteiger partial charge < -0.3 is 9.47 Å². The molecule has 6 heteroatoms. The van der Waals surface area contributed by atoms with Gasteiger partial charge in [-0.25, -0.2) is 0 Å². The normalized spacial score (nSPS) is 11.0. The third-order valence-corrected chi connectivity index (χ3v) is 5.87. The van der Waals surface area contributed by atoms with Crippen molar-refractivity contribution in [3.05, 3.63) is 72.8 Å². The van der Waals surface area contributed by atoms with Crippen LogP contribution in [0.2, 0.25) is 0 Å². The Morgan fingerprint density at radius 2 is 1.69 bits per heavy atom. The van der Waals surface area contributed by atoms with Crippen LogP contribution in [0.3, 0.4) is 0 Å². The van der Waals surface area contributed by atoms with Crippen LogP contribution in [0.5, 0.6) is 0 Å². The van der Waals surface area contributed by atoms with Crippen molar-refractivity contribution in [1.82, 2.24) is 14.8 Å². The molecule has 146 valence electrons. The van der Waals surface area contributed by atoms with Gasteiger partial charge in [-0.1, -0.05) is 78.5 Å². The van der Waals surface area contributed by atoms with Crippen molar-refractivity contribution in [3.63, 3.8) is 0 Å². The molecule has 3 aromatic carbocycles. The number of aromatic nitrogens is 3. The molecular weight excluding hydrogens is 380 g/mol. The van der Waals surface area contributed by atoms with Gasteiger partial charge in [0.25, 0.3) is 0 Å². The van der Waals surface area contributed by atoms with E-state index in [1.807, 2.05) is 78.0 Å². The molecule has 1 amide bonds. The summed E-state index contributed by atoms with van der Waals surface area (Å²) in [5, 5.41) is 11.5. The second-order valence-electron chi connectivity index (χ2n) is 6.66. The van der Waals surface area contributed by atoms with Gasteiger partial charge in [0, 0.05) is 24.5 Å². The number of rotatable bonds is 6. The molecular formula is C23H22N4OS. The Hall–Kier alpha value is -3.12. The standard InChI is InChI=1S/C23H22N4OS/c1-3-27(20-15-9-13-17-10-7-8-14-19(17)20)21(28)16-29-23-25-24-22(26(23)2)18-11-5-4-6-12-18/h4-15H,3,16H2,1-2H3. The minimum atomic E-state index is 0.0538. The summed E-state index contributed by atoms with van der Waals surface area (Å²) in [4.78, 5) is 14.9. The molecule has 0 bridgehead atoms. The zero-order valence-corrected chi connectivity index (χ0v) is 17.3. The van der Waals surface area contributed by atoms with Gasteiger partial charge in [0.05, 0.1) is 11.4 Å². The van der Waals surface area contributed by atoms with Gasteiger partial charge in [-0.05, 0) is 18.4 Å². The van der Waals surface area contributed by atoms with Crippen molar-refractivity contribution in [3.8, 4) is 11.4 Å². The van der Waals surface area contributed by atoms with Crippen LogP contribution in [0.1, 0.15) is 6.92 Å². The first kappa shape index (κ1) is 19.2. The van der Waals surface area contributed by atoms with Crippen molar-refractivity contribution < 1.29 is 4.79 Å². The fraction of sp³-hybridized carbons (Fsp3) is 0.174.